The average Bonchev–Trinajstić information content (AvgIpc) is 3.47. The summed E-state index contributed by atoms with van der Waals surface area (Å²) in [4.78, 5) is 34.1. The molecule has 5 rings (SSSR count). The number of carbonyl (C=O) groups is 2. The minimum absolute atomic E-state index is 0.174. The van der Waals surface area contributed by atoms with Gasteiger partial charge in [0.1, 0.15) is 11.4 Å². The zero-order valence-corrected chi connectivity index (χ0v) is 17.0. The number of benzene rings is 1. The Hall–Kier alpha value is -3.03. The molecule has 3 aliphatic rings. The fraction of sp³-hybridized carbons (Fsp3) is 0.500. The number of aromatic nitrogens is 2. The van der Waals surface area contributed by atoms with E-state index in [1.54, 1.807) is 11.8 Å². The molecular formula is C22H25N3O5. The van der Waals surface area contributed by atoms with Crippen molar-refractivity contribution in [1.82, 2.24) is 14.9 Å². The molecule has 8 heteroatoms. The first-order valence-corrected chi connectivity index (χ1v) is 10.6. The zero-order valence-electron chi connectivity index (χ0n) is 17.0. The Bertz CT molecular complexity index is 973. The van der Waals surface area contributed by atoms with Crippen LogP contribution in [-0.2, 0) is 15.1 Å². The first kappa shape index (κ1) is 19.0. The molecule has 1 spiro atoms. The number of carbonyl (C=O) groups excluding carboxylic acids is 2. The third-order valence-electron chi connectivity index (χ3n) is 6.04. The molecule has 2 aliphatic heterocycles. The van der Waals surface area contributed by atoms with Crippen LogP contribution in [0.3, 0.4) is 0 Å². The monoisotopic (exact) mass is 411 g/mol. The molecule has 1 amide bonds. The lowest BCUT2D eigenvalue weighted by Gasteiger charge is -2.43. The zero-order chi connectivity index (χ0) is 20.7. The number of rotatable bonds is 4. The molecule has 158 valence electrons. The quantitative estimate of drug-likeness (QED) is 0.774. The fourth-order valence-corrected chi connectivity index (χ4v) is 4.17. The van der Waals surface area contributed by atoms with Gasteiger partial charge in [-0.3, -0.25) is 0 Å². The van der Waals surface area contributed by atoms with Crippen LogP contribution < -0.4 is 4.74 Å². The van der Waals surface area contributed by atoms with E-state index < -0.39 is 11.6 Å². The van der Waals surface area contributed by atoms with E-state index in [4.69, 9.17) is 14.2 Å². The summed E-state index contributed by atoms with van der Waals surface area (Å²) in [5, 5.41) is 0. The molecule has 8 nitrogen and oxygen atoms in total. The number of fused-ring (bicyclic) bond motifs is 4. The Labute approximate surface area is 174 Å². The molecule has 1 saturated heterocycles. The summed E-state index contributed by atoms with van der Waals surface area (Å²) < 4.78 is 17.0. The molecule has 2 fully saturated rings. The number of nitrogens with one attached hydrogen (secondary N) is 1. The van der Waals surface area contributed by atoms with E-state index >= 15 is 0 Å². The van der Waals surface area contributed by atoms with Crippen molar-refractivity contribution in [2.45, 2.75) is 38.2 Å². The number of para-hydroxylation sites is 1. The van der Waals surface area contributed by atoms with E-state index in [1.165, 1.54) is 0 Å². The Morgan fingerprint density at radius 3 is 2.73 bits per heavy atom. The molecule has 2 aromatic rings. The van der Waals surface area contributed by atoms with E-state index in [1.807, 2.05) is 24.3 Å². The number of imidazole rings is 1. The van der Waals surface area contributed by atoms with Crippen LogP contribution in [0.5, 0.6) is 5.75 Å². The highest BCUT2D eigenvalue weighted by Gasteiger charge is 2.47. The number of ether oxygens (including phenoxy) is 3. The molecule has 0 bridgehead atoms. The SMILES string of the molecule is CCOC(=O)c1nc2c([nH]1)C1(CCN(C(=O)OCC3CC3)CC1)Oc1ccccc1-2. The van der Waals surface area contributed by atoms with Crippen LogP contribution in [0.15, 0.2) is 24.3 Å². The molecule has 0 radical (unpaired) electrons. The van der Waals surface area contributed by atoms with Crippen molar-refractivity contribution >= 4 is 12.1 Å². The van der Waals surface area contributed by atoms with Crippen LogP contribution >= 0.6 is 0 Å². The van der Waals surface area contributed by atoms with Gasteiger partial charge in [-0.2, -0.15) is 0 Å². The van der Waals surface area contributed by atoms with Crippen molar-refractivity contribution in [3.05, 3.63) is 35.8 Å². The minimum atomic E-state index is -0.672. The van der Waals surface area contributed by atoms with Gasteiger partial charge in [0.25, 0.3) is 0 Å². The largest absolute Gasteiger partial charge is 0.480 e. The van der Waals surface area contributed by atoms with Crippen LogP contribution in [0.2, 0.25) is 0 Å². The standard InChI is InChI=1S/C22H25N3O5/c1-2-28-20(26)19-23-17-15-5-3-4-6-16(15)30-22(18(17)24-19)9-11-25(12-10-22)21(27)29-13-14-7-8-14/h3-6,14H,2,7-13H2,1H3,(H,23,24). The van der Waals surface area contributed by atoms with Gasteiger partial charge in [-0.25, -0.2) is 14.6 Å². The van der Waals surface area contributed by atoms with Crippen LogP contribution in [0.4, 0.5) is 4.79 Å². The normalized spacial score (nSPS) is 18.9. The predicted octanol–water partition coefficient (Wildman–Crippen LogP) is 3.48. The van der Waals surface area contributed by atoms with Crippen molar-refractivity contribution in [2.24, 2.45) is 5.92 Å². The third-order valence-corrected chi connectivity index (χ3v) is 6.04. The molecule has 1 saturated carbocycles. The second-order valence-electron chi connectivity index (χ2n) is 8.13. The van der Waals surface area contributed by atoms with E-state index in [0.717, 1.165) is 29.8 Å². The van der Waals surface area contributed by atoms with E-state index in [0.29, 0.717) is 44.1 Å². The second kappa shape index (κ2) is 7.34. The van der Waals surface area contributed by atoms with Gasteiger partial charge in [0.15, 0.2) is 5.60 Å². The first-order chi connectivity index (χ1) is 14.6. The summed E-state index contributed by atoms with van der Waals surface area (Å²) in [6, 6.07) is 7.68. The Morgan fingerprint density at radius 2 is 2.00 bits per heavy atom. The topological polar surface area (TPSA) is 93.8 Å². The van der Waals surface area contributed by atoms with Gasteiger partial charge in [-0.05, 0) is 37.8 Å². The number of amides is 1. The fourth-order valence-electron chi connectivity index (χ4n) is 4.17. The summed E-state index contributed by atoms with van der Waals surface area (Å²) in [5.41, 5.74) is 1.66. The molecule has 30 heavy (non-hydrogen) atoms. The highest BCUT2D eigenvalue weighted by molar-refractivity contribution is 5.87. The van der Waals surface area contributed by atoms with Gasteiger partial charge in [0.05, 0.1) is 18.9 Å². The molecular weight excluding hydrogens is 386 g/mol. The van der Waals surface area contributed by atoms with Crippen LogP contribution in [0.25, 0.3) is 11.3 Å². The third kappa shape index (κ3) is 3.30. The maximum Gasteiger partial charge on any atom is 0.409 e. The smallest absolute Gasteiger partial charge is 0.409 e. The summed E-state index contributed by atoms with van der Waals surface area (Å²) in [7, 11) is 0. The van der Waals surface area contributed by atoms with Gasteiger partial charge >= 0.3 is 12.1 Å². The van der Waals surface area contributed by atoms with E-state index in [2.05, 4.69) is 9.97 Å². The van der Waals surface area contributed by atoms with E-state index in [9.17, 15) is 9.59 Å². The molecule has 1 aliphatic carbocycles. The number of H-pyrrole nitrogens is 1. The lowest BCUT2D eigenvalue weighted by Crippen LogP contribution is -2.49. The van der Waals surface area contributed by atoms with Crippen LogP contribution in [-0.4, -0.2) is 53.2 Å². The van der Waals surface area contributed by atoms with Gasteiger partial charge in [0.2, 0.25) is 5.82 Å². The molecule has 1 aromatic carbocycles. The molecule has 3 heterocycles. The van der Waals surface area contributed by atoms with Crippen molar-refractivity contribution in [1.29, 1.82) is 0 Å². The summed E-state index contributed by atoms with van der Waals surface area (Å²) in [6.07, 6.45) is 3.20. The summed E-state index contributed by atoms with van der Waals surface area (Å²) >= 11 is 0. The minimum Gasteiger partial charge on any atom is -0.480 e. The van der Waals surface area contributed by atoms with Crippen LogP contribution in [0.1, 0.15) is 48.9 Å². The second-order valence-corrected chi connectivity index (χ2v) is 8.13. The maximum absolute atomic E-state index is 12.4. The number of aromatic amines is 1. The Balaban J connectivity index is 1.41. The molecule has 1 N–H and O–H groups in total. The van der Waals surface area contributed by atoms with Crippen LogP contribution in [0, 0.1) is 5.92 Å². The van der Waals surface area contributed by atoms with Crippen molar-refractivity contribution in [3.8, 4) is 17.0 Å². The van der Waals surface area contributed by atoms with Gasteiger partial charge in [-0.15, -0.1) is 0 Å². The summed E-state index contributed by atoms with van der Waals surface area (Å²) in [5.74, 6) is 0.960. The average molecular weight is 411 g/mol. The first-order valence-electron chi connectivity index (χ1n) is 10.6. The molecule has 1 aromatic heterocycles. The van der Waals surface area contributed by atoms with Crippen molar-refractivity contribution < 1.29 is 23.8 Å². The van der Waals surface area contributed by atoms with Crippen molar-refractivity contribution in [2.75, 3.05) is 26.3 Å². The highest BCUT2D eigenvalue weighted by Crippen LogP contribution is 2.48. The number of likely N-dealkylation sites (tertiary alicyclic amines) is 1. The number of esters is 1. The van der Waals surface area contributed by atoms with Gasteiger partial charge in [-0.1, -0.05) is 12.1 Å². The number of nitrogens with zero attached hydrogens (tertiary/aromatic N) is 2. The van der Waals surface area contributed by atoms with Gasteiger partial charge < -0.3 is 24.1 Å². The lowest BCUT2D eigenvalue weighted by molar-refractivity contribution is -0.00885. The predicted molar refractivity (Wildman–Crippen MR) is 107 cm³/mol. The maximum atomic E-state index is 12.4. The Morgan fingerprint density at radius 1 is 1.23 bits per heavy atom. The number of hydrogen-bond acceptors (Lipinski definition) is 6. The molecule has 0 unspecified atom stereocenters. The lowest BCUT2D eigenvalue weighted by atomic mass is 9.83. The summed E-state index contributed by atoms with van der Waals surface area (Å²) in [6.45, 7) is 3.58. The van der Waals surface area contributed by atoms with Gasteiger partial charge in [0, 0.05) is 31.5 Å². The van der Waals surface area contributed by atoms with Crippen molar-refractivity contribution in [3.63, 3.8) is 0 Å². The number of hydrogen-bond donors (Lipinski definition) is 1. The molecule has 0 atom stereocenters. The Kier molecular flexibility index (Phi) is 4.64. The number of piperidine rings is 1. The highest BCUT2D eigenvalue weighted by atomic mass is 16.6. The van der Waals surface area contributed by atoms with E-state index in [-0.39, 0.29) is 18.5 Å².